The summed E-state index contributed by atoms with van der Waals surface area (Å²) in [7, 11) is 1.37. The Morgan fingerprint density at radius 2 is 2.22 bits per heavy atom. The predicted molar refractivity (Wildman–Crippen MR) is 94.7 cm³/mol. The maximum Gasteiger partial charge on any atom is 0.337 e. The Morgan fingerprint density at radius 1 is 1.30 bits per heavy atom. The van der Waals surface area contributed by atoms with E-state index < -0.39 is 0 Å². The van der Waals surface area contributed by atoms with Crippen molar-refractivity contribution < 1.29 is 18.7 Å². The molecule has 0 amide bonds. The second-order valence-electron chi connectivity index (χ2n) is 6.31. The number of esters is 1. The molecule has 0 N–H and O–H groups in total. The lowest BCUT2D eigenvalue weighted by Crippen LogP contribution is -2.23. The second kappa shape index (κ2) is 7.73. The maximum absolute atomic E-state index is 11.7. The lowest BCUT2D eigenvalue weighted by atomic mass is 10.1. The van der Waals surface area contributed by atoms with Gasteiger partial charge in [0.15, 0.2) is 6.23 Å². The summed E-state index contributed by atoms with van der Waals surface area (Å²) >= 11 is 0. The molecular formula is C19H20N4O4. The number of benzene rings is 1. The molecule has 2 aromatic heterocycles. The molecule has 1 unspecified atom stereocenters. The van der Waals surface area contributed by atoms with Crippen molar-refractivity contribution in [2.24, 2.45) is 0 Å². The summed E-state index contributed by atoms with van der Waals surface area (Å²) in [4.78, 5) is 13.8. The van der Waals surface area contributed by atoms with Gasteiger partial charge in [-0.15, -0.1) is 5.10 Å². The van der Waals surface area contributed by atoms with Crippen LogP contribution in [0.25, 0.3) is 0 Å². The Bertz CT molecular complexity index is 906. The Morgan fingerprint density at radius 3 is 3.04 bits per heavy atom. The van der Waals surface area contributed by atoms with E-state index in [1.807, 2.05) is 30.5 Å². The minimum atomic E-state index is -0.357. The van der Waals surface area contributed by atoms with Crippen LogP contribution in [0.3, 0.4) is 0 Å². The first-order chi connectivity index (χ1) is 13.2. The van der Waals surface area contributed by atoms with E-state index in [1.165, 1.54) is 7.11 Å². The molecule has 140 valence electrons. The number of methoxy groups -OCH3 is 1. The largest absolute Gasteiger partial charge is 0.468 e. The van der Waals surface area contributed by atoms with Crippen LogP contribution in [0.5, 0.6) is 0 Å². The molecule has 1 aromatic carbocycles. The van der Waals surface area contributed by atoms with Gasteiger partial charge < -0.3 is 13.9 Å². The van der Waals surface area contributed by atoms with Gasteiger partial charge in [-0.25, -0.2) is 9.48 Å². The Hall–Kier alpha value is -2.97. The van der Waals surface area contributed by atoms with E-state index in [9.17, 15) is 4.79 Å². The highest BCUT2D eigenvalue weighted by Gasteiger charge is 2.30. The van der Waals surface area contributed by atoms with Crippen molar-refractivity contribution >= 4 is 5.97 Å². The fourth-order valence-corrected chi connectivity index (χ4v) is 3.15. The van der Waals surface area contributed by atoms with Crippen LogP contribution in [-0.2, 0) is 22.6 Å². The van der Waals surface area contributed by atoms with E-state index in [0.29, 0.717) is 25.3 Å². The summed E-state index contributed by atoms with van der Waals surface area (Å²) in [6.07, 6.45) is 3.29. The van der Waals surface area contributed by atoms with Crippen LogP contribution in [0, 0.1) is 0 Å². The summed E-state index contributed by atoms with van der Waals surface area (Å²) in [5.74, 6) is 0.529. The van der Waals surface area contributed by atoms with Crippen molar-refractivity contribution in [2.45, 2.75) is 19.3 Å². The average molecular weight is 368 g/mol. The van der Waals surface area contributed by atoms with Crippen LogP contribution in [0.4, 0.5) is 0 Å². The van der Waals surface area contributed by atoms with Gasteiger partial charge in [-0.2, -0.15) is 0 Å². The van der Waals surface area contributed by atoms with Crippen molar-refractivity contribution in [2.75, 3.05) is 20.3 Å². The van der Waals surface area contributed by atoms with Crippen LogP contribution < -0.4 is 0 Å². The van der Waals surface area contributed by atoms with Crippen LogP contribution in [0.15, 0.2) is 53.3 Å². The smallest absolute Gasteiger partial charge is 0.337 e. The van der Waals surface area contributed by atoms with Crippen LogP contribution in [0.1, 0.15) is 33.6 Å². The maximum atomic E-state index is 11.7. The molecule has 0 radical (unpaired) electrons. The van der Waals surface area contributed by atoms with E-state index in [2.05, 4.69) is 15.2 Å². The highest BCUT2D eigenvalue weighted by molar-refractivity contribution is 5.89. The van der Waals surface area contributed by atoms with Gasteiger partial charge >= 0.3 is 5.97 Å². The van der Waals surface area contributed by atoms with Gasteiger partial charge in [-0.05, 0) is 29.8 Å². The fraction of sp³-hybridized carbons (Fsp3) is 0.316. The lowest BCUT2D eigenvalue weighted by Gasteiger charge is -2.19. The molecule has 3 aromatic rings. The molecule has 1 saturated heterocycles. The molecule has 1 atom stereocenters. The Balaban J connectivity index is 1.46. The molecule has 8 nitrogen and oxygen atoms in total. The first-order valence-electron chi connectivity index (χ1n) is 8.68. The molecule has 3 heterocycles. The quantitative estimate of drug-likeness (QED) is 0.617. The minimum absolute atomic E-state index is 0.245. The molecular weight excluding hydrogens is 348 g/mol. The summed E-state index contributed by atoms with van der Waals surface area (Å²) in [6.45, 7) is 2.60. The average Bonchev–Trinajstić information content (AvgIpc) is 3.44. The zero-order valence-corrected chi connectivity index (χ0v) is 14.9. The lowest BCUT2D eigenvalue weighted by molar-refractivity contribution is 0.0223. The van der Waals surface area contributed by atoms with E-state index in [4.69, 9.17) is 13.9 Å². The highest BCUT2D eigenvalue weighted by Crippen LogP contribution is 2.27. The topological polar surface area (TPSA) is 82.6 Å². The van der Waals surface area contributed by atoms with Crippen molar-refractivity contribution in [3.05, 3.63) is 71.4 Å². The Labute approximate surface area is 156 Å². The van der Waals surface area contributed by atoms with E-state index in [0.717, 1.165) is 23.6 Å². The highest BCUT2D eigenvalue weighted by atomic mass is 16.5. The molecule has 0 spiro atoms. The summed E-state index contributed by atoms with van der Waals surface area (Å²) in [5, 5.41) is 8.47. The predicted octanol–water partition coefficient (Wildman–Crippen LogP) is 2.24. The van der Waals surface area contributed by atoms with Gasteiger partial charge in [-0.3, -0.25) is 4.90 Å². The zero-order valence-electron chi connectivity index (χ0n) is 14.9. The third-order valence-electron chi connectivity index (χ3n) is 4.43. The van der Waals surface area contributed by atoms with Gasteiger partial charge in [0.05, 0.1) is 44.8 Å². The molecule has 1 fully saturated rings. The molecule has 0 saturated carbocycles. The van der Waals surface area contributed by atoms with E-state index >= 15 is 0 Å². The number of carbonyl (C=O) groups excluding carboxylic acids is 1. The number of ether oxygens (including phenoxy) is 2. The number of hydrogen-bond acceptors (Lipinski definition) is 7. The van der Waals surface area contributed by atoms with Crippen molar-refractivity contribution in [3.8, 4) is 0 Å². The van der Waals surface area contributed by atoms with Gasteiger partial charge in [-0.1, -0.05) is 17.3 Å². The van der Waals surface area contributed by atoms with Gasteiger partial charge in [0.25, 0.3) is 0 Å². The SMILES string of the molecule is COC(=O)c1cccc(Cn2cc(C3OCCN3Cc3ccco3)nn2)c1. The number of carbonyl (C=O) groups is 1. The first kappa shape index (κ1) is 17.4. The molecule has 1 aliphatic heterocycles. The standard InChI is InChI=1S/C19H20N4O4/c1-25-19(24)15-5-2-4-14(10-15)11-23-13-17(20-21-23)18-22(7-9-27-18)12-16-6-3-8-26-16/h2-6,8,10,13,18H,7,9,11-12H2,1H3. The number of aromatic nitrogens is 3. The van der Waals surface area contributed by atoms with Gasteiger partial charge in [0, 0.05) is 6.54 Å². The van der Waals surface area contributed by atoms with Crippen molar-refractivity contribution in [1.29, 1.82) is 0 Å². The molecule has 0 aliphatic carbocycles. The van der Waals surface area contributed by atoms with Crippen molar-refractivity contribution in [3.63, 3.8) is 0 Å². The number of hydrogen-bond donors (Lipinski definition) is 0. The number of furan rings is 1. The van der Waals surface area contributed by atoms with Crippen molar-refractivity contribution in [1.82, 2.24) is 19.9 Å². The first-order valence-corrected chi connectivity index (χ1v) is 8.68. The molecule has 27 heavy (non-hydrogen) atoms. The third-order valence-corrected chi connectivity index (χ3v) is 4.43. The minimum Gasteiger partial charge on any atom is -0.468 e. The molecule has 4 rings (SSSR count). The van der Waals surface area contributed by atoms with Crippen LogP contribution >= 0.6 is 0 Å². The fourth-order valence-electron chi connectivity index (χ4n) is 3.15. The van der Waals surface area contributed by atoms with Crippen LogP contribution in [0.2, 0.25) is 0 Å². The van der Waals surface area contributed by atoms with Crippen LogP contribution in [-0.4, -0.2) is 46.1 Å². The normalized spacial score (nSPS) is 17.3. The van der Waals surface area contributed by atoms with Gasteiger partial charge in [0.2, 0.25) is 0 Å². The summed E-state index contributed by atoms with van der Waals surface area (Å²) < 4.78 is 17.8. The Kier molecular flexibility index (Phi) is 4.99. The number of rotatable bonds is 6. The molecule has 1 aliphatic rings. The third kappa shape index (κ3) is 3.91. The molecule has 0 bridgehead atoms. The number of nitrogens with zero attached hydrogens (tertiary/aromatic N) is 4. The summed E-state index contributed by atoms with van der Waals surface area (Å²) in [6, 6.07) is 11.1. The van der Waals surface area contributed by atoms with E-state index in [-0.39, 0.29) is 12.2 Å². The van der Waals surface area contributed by atoms with Gasteiger partial charge in [0.1, 0.15) is 11.5 Å². The monoisotopic (exact) mass is 368 g/mol. The summed E-state index contributed by atoms with van der Waals surface area (Å²) in [5.41, 5.74) is 2.20. The molecule has 8 heteroatoms. The zero-order chi connectivity index (χ0) is 18.6. The van der Waals surface area contributed by atoms with E-state index in [1.54, 1.807) is 23.1 Å². The second-order valence-corrected chi connectivity index (χ2v) is 6.31.